The standard InChI is InChI=1S/C7H18N2S/c1-10(8)6-7-3-2-4-9-5-7/h7-9H,2-6,10H2,1H3. The smallest absolute Gasteiger partial charge is 0.00130 e. The van der Waals surface area contributed by atoms with E-state index in [1.807, 2.05) is 0 Å². The molecule has 0 radical (unpaired) electrons. The highest BCUT2D eigenvalue weighted by Crippen LogP contribution is 2.10. The lowest BCUT2D eigenvalue weighted by molar-refractivity contribution is 0.410. The first-order valence-electron chi connectivity index (χ1n) is 4.04. The van der Waals surface area contributed by atoms with Gasteiger partial charge in [0, 0.05) is 0 Å². The Hall–Kier alpha value is 0.110. The third-order valence-electron chi connectivity index (χ3n) is 1.99. The van der Waals surface area contributed by atoms with Gasteiger partial charge in [0.25, 0.3) is 0 Å². The molecule has 0 aromatic carbocycles. The lowest BCUT2D eigenvalue weighted by Gasteiger charge is -2.22. The van der Waals surface area contributed by atoms with Gasteiger partial charge in [-0.25, -0.2) is 10.7 Å². The summed E-state index contributed by atoms with van der Waals surface area (Å²) in [6, 6.07) is 0. The Bertz CT molecular complexity index is 119. The van der Waals surface area contributed by atoms with Gasteiger partial charge >= 0.3 is 0 Å². The second-order valence-electron chi connectivity index (χ2n) is 3.20. The van der Waals surface area contributed by atoms with E-state index in [2.05, 4.69) is 11.6 Å². The minimum atomic E-state index is -0.724. The summed E-state index contributed by atoms with van der Waals surface area (Å²) in [4.78, 5) is 0. The molecule has 1 aliphatic rings. The molecule has 0 spiro atoms. The lowest BCUT2D eigenvalue weighted by Crippen LogP contribution is -2.32. The number of hydrogen-bond acceptors (Lipinski definition) is 2. The van der Waals surface area contributed by atoms with Crippen LogP contribution in [0.2, 0.25) is 0 Å². The molecule has 10 heavy (non-hydrogen) atoms. The van der Waals surface area contributed by atoms with Crippen molar-refractivity contribution in [1.82, 2.24) is 5.32 Å². The van der Waals surface area contributed by atoms with Crippen molar-refractivity contribution in [2.24, 2.45) is 5.92 Å². The van der Waals surface area contributed by atoms with Crippen molar-refractivity contribution in [1.29, 1.82) is 4.78 Å². The summed E-state index contributed by atoms with van der Waals surface area (Å²) in [6.07, 6.45) is 4.76. The Morgan fingerprint density at radius 1 is 1.70 bits per heavy atom. The van der Waals surface area contributed by atoms with Crippen molar-refractivity contribution < 1.29 is 0 Å². The molecular weight excluding hydrogens is 144 g/mol. The second-order valence-corrected chi connectivity index (χ2v) is 5.17. The van der Waals surface area contributed by atoms with Gasteiger partial charge in [-0.05, 0) is 43.9 Å². The molecule has 1 unspecified atom stereocenters. The van der Waals surface area contributed by atoms with Gasteiger partial charge in [0.2, 0.25) is 0 Å². The molecule has 1 saturated heterocycles. The quantitative estimate of drug-likeness (QED) is 0.608. The zero-order chi connectivity index (χ0) is 7.40. The molecule has 2 nitrogen and oxygen atoms in total. The molecule has 0 bridgehead atoms. The Balaban J connectivity index is 2.19. The largest absolute Gasteiger partial charge is 0.316 e. The molecule has 1 fully saturated rings. The summed E-state index contributed by atoms with van der Waals surface area (Å²) in [7, 11) is -0.724. The molecule has 0 aromatic heterocycles. The average molecular weight is 162 g/mol. The first kappa shape index (κ1) is 8.21. The van der Waals surface area contributed by atoms with E-state index in [1.54, 1.807) is 0 Å². The van der Waals surface area contributed by atoms with E-state index < -0.39 is 10.7 Å². The minimum absolute atomic E-state index is 0.724. The van der Waals surface area contributed by atoms with Crippen molar-refractivity contribution in [3.8, 4) is 0 Å². The monoisotopic (exact) mass is 162 g/mol. The van der Waals surface area contributed by atoms with Crippen molar-refractivity contribution in [2.75, 3.05) is 25.1 Å². The number of hydrogen-bond donors (Lipinski definition) is 2. The summed E-state index contributed by atoms with van der Waals surface area (Å²) in [5, 5.41) is 3.37. The summed E-state index contributed by atoms with van der Waals surface area (Å²) in [6.45, 7) is 2.36. The Labute approximate surface area is 65.3 Å². The average Bonchev–Trinajstić information content (AvgIpc) is 1.88. The van der Waals surface area contributed by atoms with Crippen molar-refractivity contribution in [3.05, 3.63) is 0 Å². The maximum atomic E-state index is 7.49. The SMILES string of the molecule is C[SH2](=N)CC1CCCNC1. The van der Waals surface area contributed by atoms with Gasteiger partial charge in [-0.3, -0.25) is 0 Å². The third-order valence-corrected chi connectivity index (χ3v) is 3.18. The van der Waals surface area contributed by atoms with Gasteiger partial charge < -0.3 is 10.1 Å². The highest BCUT2D eigenvalue weighted by atomic mass is 32.2. The molecule has 0 aliphatic carbocycles. The summed E-state index contributed by atoms with van der Waals surface area (Å²) >= 11 is 0. The number of piperidine rings is 1. The van der Waals surface area contributed by atoms with Crippen molar-refractivity contribution >= 4 is 10.7 Å². The lowest BCUT2D eigenvalue weighted by atomic mass is 10.0. The Morgan fingerprint density at radius 2 is 2.50 bits per heavy atom. The molecule has 3 heteroatoms. The molecule has 1 aliphatic heterocycles. The molecular formula is C7H18N2S. The fraction of sp³-hybridized carbons (Fsp3) is 1.00. The van der Waals surface area contributed by atoms with Crippen LogP contribution in [0.1, 0.15) is 12.8 Å². The van der Waals surface area contributed by atoms with E-state index in [9.17, 15) is 0 Å². The zero-order valence-electron chi connectivity index (χ0n) is 6.61. The molecule has 1 heterocycles. The van der Waals surface area contributed by atoms with Crippen LogP contribution >= 0.6 is 0 Å². The van der Waals surface area contributed by atoms with Gasteiger partial charge in [0.15, 0.2) is 0 Å². The van der Waals surface area contributed by atoms with Crippen LogP contribution in [0.4, 0.5) is 0 Å². The molecule has 1 rings (SSSR count). The predicted octanol–water partition coefficient (Wildman–Crippen LogP) is 0.461. The summed E-state index contributed by atoms with van der Waals surface area (Å²) in [5.74, 6) is 2.00. The molecule has 0 aromatic rings. The number of nitrogens with one attached hydrogen (secondary N) is 2. The molecule has 0 saturated carbocycles. The molecule has 2 N–H and O–H groups in total. The van der Waals surface area contributed by atoms with E-state index in [4.69, 9.17) is 4.78 Å². The maximum Gasteiger partial charge on any atom is -0.00130 e. The fourth-order valence-electron chi connectivity index (χ4n) is 1.53. The minimum Gasteiger partial charge on any atom is -0.316 e. The molecule has 62 valence electrons. The fourth-order valence-corrected chi connectivity index (χ4v) is 2.75. The van der Waals surface area contributed by atoms with Gasteiger partial charge in [-0.15, -0.1) is 0 Å². The van der Waals surface area contributed by atoms with Crippen LogP contribution in [0.3, 0.4) is 0 Å². The highest BCUT2D eigenvalue weighted by Gasteiger charge is 2.11. The first-order chi connectivity index (χ1) is 4.79. The highest BCUT2D eigenvalue weighted by molar-refractivity contribution is 7.85. The molecule has 0 amide bonds. The number of rotatable bonds is 2. The van der Waals surface area contributed by atoms with Crippen LogP contribution in [0.25, 0.3) is 0 Å². The van der Waals surface area contributed by atoms with Crippen LogP contribution in [-0.2, 0) is 10.7 Å². The Kier molecular flexibility index (Phi) is 3.35. The normalized spacial score (nSPS) is 28.1. The molecule has 1 atom stereocenters. The zero-order valence-corrected chi connectivity index (χ0v) is 7.61. The van der Waals surface area contributed by atoms with Gasteiger partial charge in [-0.2, -0.15) is 0 Å². The van der Waals surface area contributed by atoms with E-state index >= 15 is 0 Å². The predicted molar refractivity (Wildman–Crippen MR) is 49.3 cm³/mol. The van der Waals surface area contributed by atoms with Gasteiger partial charge in [-0.1, -0.05) is 0 Å². The van der Waals surface area contributed by atoms with Crippen LogP contribution in [0.5, 0.6) is 0 Å². The van der Waals surface area contributed by atoms with E-state index in [1.165, 1.54) is 31.7 Å². The summed E-state index contributed by atoms with van der Waals surface area (Å²) < 4.78 is 7.49. The van der Waals surface area contributed by atoms with Crippen molar-refractivity contribution in [2.45, 2.75) is 12.8 Å². The van der Waals surface area contributed by atoms with Crippen molar-refractivity contribution in [3.63, 3.8) is 0 Å². The van der Waals surface area contributed by atoms with Gasteiger partial charge in [0.1, 0.15) is 0 Å². The Morgan fingerprint density at radius 3 is 3.00 bits per heavy atom. The third kappa shape index (κ3) is 2.80. The second kappa shape index (κ2) is 4.09. The maximum absolute atomic E-state index is 7.49. The first-order valence-corrected chi connectivity index (χ1v) is 6.24. The van der Waals surface area contributed by atoms with Gasteiger partial charge in [0.05, 0.1) is 0 Å². The van der Waals surface area contributed by atoms with E-state index in [-0.39, 0.29) is 0 Å². The van der Waals surface area contributed by atoms with E-state index in [0.29, 0.717) is 0 Å². The van der Waals surface area contributed by atoms with Crippen LogP contribution in [0.15, 0.2) is 0 Å². The van der Waals surface area contributed by atoms with Crippen LogP contribution in [0, 0.1) is 10.7 Å². The van der Waals surface area contributed by atoms with Crippen LogP contribution < -0.4 is 5.32 Å². The van der Waals surface area contributed by atoms with Crippen LogP contribution in [-0.4, -0.2) is 25.1 Å². The topological polar surface area (TPSA) is 35.9 Å². The summed E-state index contributed by atoms with van der Waals surface area (Å²) in [5.41, 5.74) is 0. The van der Waals surface area contributed by atoms with E-state index in [0.717, 1.165) is 5.92 Å².